The molecule has 5 heteroatoms. The van der Waals surface area contributed by atoms with Gasteiger partial charge in [-0.1, -0.05) is 6.07 Å². The van der Waals surface area contributed by atoms with Gasteiger partial charge in [0.1, 0.15) is 10.8 Å². The van der Waals surface area contributed by atoms with Crippen LogP contribution >= 0.6 is 11.3 Å². The van der Waals surface area contributed by atoms with Gasteiger partial charge in [0.2, 0.25) is 0 Å². The van der Waals surface area contributed by atoms with Crippen molar-refractivity contribution in [3.63, 3.8) is 0 Å². The van der Waals surface area contributed by atoms with Crippen LogP contribution in [0.3, 0.4) is 0 Å². The number of thiazole rings is 1. The van der Waals surface area contributed by atoms with Crippen LogP contribution in [0.5, 0.6) is 0 Å². The van der Waals surface area contributed by atoms with Crippen LogP contribution in [0.4, 0.5) is 5.69 Å². The number of hydrogen-bond donors (Lipinski definition) is 1. The van der Waals surface area contributed by atoms with Crippen molar-refractivity contribution in [3.8, 4) is 10.6 Å². The molecule has 2 heterocycles. The Labute approximate surface area is 172 Å². The highest BCUT2D eigenvalue weighted by Crippen LogP contribution is 2.34. The molecule has 0 saturated carbocycles. The summed E-state index contributed by atoms with van der Waals surface area (Å²) in [5.41, 5.74) is 5.26. The highest BCUT2D eigenvalue weighted by molar-refractivity contribution is 7.21. The third-order valence-corrected chi connectivity index (χ3v) is 6.24. The Balaban J connectivity index is 1.34. The predicted octanol–water partition coefficient (Wildman–Crippen LogP) is 6.31. The van der Waals surface area contributed by atoms with Gasteiger partial charge in [0.15, 0.2) is 5.78 Å². The second-order valence-corrected chi connectivity index (χ2v) is 8.48. The number of aryl methyl sites for hydroxylation is 1. The maximum absolute atomic E-state index is 12.2. The minimum atomic E-state index is 0.0930. The van der Waals surface area contributed by atoms with Crippen molar-refractivity contribution in [3.05, 3.63) is 84.0 Å². The van der Waals surface area contributed by atoms with Gasteiger partial charge in [-0.05, 0) is 67.4 Å². The van der Waals surface area contributed by atoms with E-state index in [1.165, 1.54) is 10.3 Å². The molecule has 0 bridgehead atoms. The molecule has 2 aromatic carbocycles. The van der Waals surface area contributed by atoms with Crippen LogP contribution in [-0.2, 0) is 4.79 Å². The lowest BCUT2D eigenvalue weighted by Gasteiger charge is -2.21. The van der Waals surface area contributed by atoms with Gasteiger partial charge in [-0.15, -0.1) is 11.3 Å². The number of furan rings is 1. The Kier molecular flexibility index (Phi) is 4.52. The van der Waals surface area contributed by atoms with Gasteiger partial charge in [0.25, 0.3) is 0 Å². The number of ketones is 1. The molecule has 5 rings (SSSR count). The third-order valence-electron chi connectivity index (χ3n) is 5.18. The molecule has 0 amide bonds. The molecule has 1 atom stereocenters. The van der Waals surface area contributed by atoms with Gasteiger partial charge in [0, 0.05) is 35.4 Å². The van der Waals surface area contributed by atoms with Crippen molar-refractivity contribution in [2.45, 2.75) is 25.7 Å². The van der Waals surface area contributed by atoms with Gasteiger partial charge >= 0.3 is 0 Å². The first-order chi connectivity index (χ1) is 14.1. The van der Waals surface area contributed by atoms with Crippen molar-refractivity contribution in [2.24, 2.45) is 0 Å². The van der Waals surface area contributed by atoms with Crippen LogP contribution in [0.1, 0.15) is 30.1 Å². The first-order valence-electron chi connectivity index (χ1n) is 9.65. The summed E-state index contributed by atoms with van der Waals surface area (Å²) in [6, 6.07) is 18.4. The maximum Gasteiger partial charge on any atom is 0.158 e. The lowest BCUT2D eigenvalue weighted by atomic mass is 9.89. The molecular formula is C24H20N2O2S. The van der Waals surface area contributed by atoms with E-state index in [2.05, 4.69) is 42.6 Å². The normalized spacial score (nSPS) is 16.8. The van der Waals surface area contributed by atoms with Crippen LogP contribution in [0, 0.1) is 6.92 Å². The van der Waals surface area contributed by atoms with Crippen LogP contribution < -0.4 is 5.32 Å². The summed E-state index contributed by atoms with van der Waals surface area (Å²) in [6.45, 7) is 2.10. The van der Waals surface area contributed by atoms with Crippen molar-refractivity contribution in [2.75, 3.05) is 5.32 Å². The average molecular weight is 401 g/mol. The summed E-state index contributed by atoms with van der Waals surface area (Å²) in [7, 11) is 0. The van der Waals surface area contributed by atoms with Crippen molar-refractivity contribution < 1.29 is 9.21 Å². The molecule has 0 saturated heterocycles. The smallest absolute Gasteiger partial charge is 0.158 e. The van der Waals surface area contributed by atoms with Gasteiger partial charge in [-0.25, -0.2) is 4.98 Å². The fourth-order valence-electron chi connectivity index (χ4n) is 3.74. The third kappa shape index (κ3) is 3.74. The van der Waals surface area contributed by atoms with Crippen molar-refractivity contribution in [1.82, 2.24) is 4.98 Å². The van der Waals surface area contributed by atoms with Crippen LogP contribution in [0.2, 0.25) is 0 Å². The first-order valence-corrected chi connectivity index (χ1v) is 10.5. The molecule has 1 aliphatic rings. The van der Waals surface area contributed by atoms with E-state index in [0.29, 0.717) is 6.42 Å². The van der Waals surface area contributed by atoms with Gasteiger partial charge < -0.3 is 9.73 Å². The largest absolute Gasteiger partial charge is 0.469 e. The zero-order valence-electron chi connectivity index (χ0n) is 16.0. The topological polar surface area (TPSA) is 55.1 Å². The molecule has 0 radical (unpaired) electrons. The molecule has 0 fully saturated rings. The Morgan fingerprint density at radius 1 is 1.10 bits per heavy atom. The van der Waals surface area contributed by atoms with Crippen LogP contribution in [0.15, 0.2) is 77.1 Å². The van der Waals surface area contributed by atoms with Gasteiger partial charge in [-0.3, -0.25) is 4.79 Å². The number of carbonyl (C=O) groups is 1. The quantitative estimate of drug-likeness (QED) is 0.436. The number of benzene rings is 2. The van der Waals surface area contributed by atoms with Crippen LogP contribution in [0.25, 0.3) is 20.8 Å². The van der Waals surface area contributed by atoms with E-state index in [1.807, 2.05) is 24.3 Å². The summed E-state index contributed by atoms with van der Waals surface area (Å²) in [4.78, 5) is 16.9. The zero-order valence-corrected chi connectivity index (χ0v) is 16.8. The van der Waals surface area contributed by atoms with Crippen molar-refractivity contribution >= 4 is 33.0 Å². The number of rotatable bonds is 4. The molecule has 144 valence electrons. The Bertz CT molecular complexity index is 1200. The van der Waals surface area contributed by atoms with E-state index in [0.717, 1.165) is 39.7 Å². The highest BCUT2D eigenvalue weighted by atomic mass is 32.1. The van der Waals surface area contributed by atoms with E-state index in [4.69, 9.17) is 9.40 Å². The number of allylic oxidation sites excluding steroid dienone is 2. The molecular weight excluding hydrogens is 380 g/mol. The van der Waals surface area contributed by atoms with Crippen molar-refractivity contribution in [1.29, 1.82) is 0 Å². The summed E-state index contributed by atoms with van der Waals surface area (Å²) < 4.78 is 6.71. The monoisotopic (exact) mass is 400 g/mol. The Hall–Kier alpha value is -3.18. The molecule has 4 aromatic rings. The van der Waals surface area contributed by atoms with E-state index in [1.54, 1.807) is 23.7 Å². The van der Waals surface area contributed by atoms with E-state index in [9.17, 15) is 4.79 Å². The lowest BCUT2D eigenvalue weighted by Crippen LogP contribution is -2.16. The van der Waals surface area contributed by atoms with Crippen LogP contribution in [-0.4, -0.2) is 10.8 Å². The molecule has 2 aromatic heterocycles. The lowest BCUT2D eigenvalue weighted by molar-refractivity contribution is -0.115. The number of hydrogen-bond acceptors (Lipinski definition) is 5. The van der Waals surface area contributed by atoms with Gasteiger partial charge in [-0.2, -0.15) is 0 Å². The Morgan fingerprint density at radius 3 is 2.76 bits per heavy atom. The number of carbonyl (C=O) groups excluding carboxylic acids is 1. The Morgan fingerprint density at radius 2 is 1.97 bits per heavy atom. The molecule has 29 heavy (non-hydrogen) atoms. The number of nitrogens with zero attached hydrogens (tertiary/aromatic N) is 1. The summed E-state index contributed by atoms with van der Waals surface area (Å²) in [6.07, 6.45) is 4.63. The second kappa shape index (κ2) is 7.33. The summed E-state index contributed by atoms with van der Waals surface area (Å²) in [5.74, 6) is 1.09. The number of fused-ring (bicyclic) bond motifs is 1. The minimum absolute atomic E-state index is 0.0930. The molecule has 1 N–H and O–H groups in total. The molecule has 0 spiro atoms. The maximum atomic E-state index is 12.2. The summed E-state index contributed by atoms with van der Waals surface area (Å²) >= 11 is 1.71. The SMILES string of the molecule is Cc1ccc2nc(-c3ccc(NC4=CC(=O)C[C@@H](c5ccco5)C4)cc3)sc2c1. The average Bonchev–Trinajstić information content (AvgIpc) is 3.38. The standard InChI is InChI=1S/C24H20N2O2S/c1-15-4-9-21-23(11-15)29-24(26-21)16-5-7-18(8-6-16)25-19-12-17(13-20(27)14-19)22-3-2-10-28-22/h2-11,14,17,25H,12-13H2,1H3/t17-/m0/s1. The van der Waals surface area contributed by atoms with E-state index >= 15 is 0 Å². The fraction of sp³-hybridized carbons (Fsp3) is 0.167. The predicted molar refractivity (Wildman–Crippen MR) is 117 cm³/mol. The molecule has 0 unspecified atom stereocenters. The number of aromatic nitrogens is 1. The molecule has 0 aliphatic heterocycles. The molecule has 1 aliphatic carbocycles. The second-order valence-electron chi connectivity index (χ2n) is 7.45. The number of nitrogens with one attached hydrogen (secondary N) is 1. The van der Waals surface area contributed by atoms with E-state index < -0.39 is 0 Å². The molecule has 4 nitrogen and oxygen atoms in total. The number of anilines is 1. The first kappa shape index (κ1) is 17.9. The fourth-order valence-corrected chi connectivity index (χ4v) is 4.81. The highest BCUT2D eigenvalue weighted by Gasteiger charge is 2.24. The minimum Gasteiger partial charge on any atom is -0.469 e. The summed E-state index contributed by atoms with van der Waals surface area (Å²) in [5, 5.41) is 4.41. The van der Waals surface area contributed by atoms with Gasteiger partial charge in [0.05, 0.1) is 16.5 Å². The zero-order chi connectivity index (χ0) is 19.8. The van der Waals surface area contributed by atoms with E-state index in [-0.39, 0.29) is 11.7 Å².